The summed E-state index contributed by atoms with van der Waals surface area (Å²) in [5, 5.41) is 13.7. The van der Waals surface area contributed by atoms with Crippen molar-refractivity contribution >= 4 is 17.2 Å². The molecule has 14 heavy (non-hydrogen) atoms. The fourth-order valence-corrected chi connectivity index (χ4v) is 1.53. The van der Waals surface area contributed by atoms with Gasteiger partial charge in [0.05, 0.1) is 18.4 Å². The van der Waals surface area contributed by atoms with Crippen molar-refractivity contribution < 1.29 is 14.6 Å². The molecule has 0 bridgehead atoms. The Labute approximate surface area is 85.7 Å². The number of nitrogens with one attached hydrogen (secondary N) is 1. The molecule has 1 heterocycles. The first-order chi connectivity index (χ1) is 6.72. The summed E-state index contributed by atoms with van der Waals surface area (Å²) in [5.74, 6) is -0.147. The van der Waals surface area contributed by atoms with Crippen LogP contribution in [0, 0.1) is 0 Å². The Kier molecular flexibility index (Phi) is 4.34. The van der Waals surface area contributed by atoms with E-state index in [0.717, 1.165) is 0 Å². The number of hydrogen-bond acceptors (Lipinski definition) is 5. The standard InChI is InChI=1S/C8H12N2O3S/c1-13-3-2-9-6(11)4-8-10-7(12)5-14-8/h5,12H,2-4H2,1H3,(H,9,11). The lowest BCUT2D eigenvalue weighted by molar-refractivity contribution is -0.120. The normalized spacial score (nSPS) is 10.1. The second-order valence-corrected chi connectivity index (χ2v) is 3.56. The number of aromatic hydroxyl groups is 1. The molecule has 1 amide bonds. The van der Waals surface area contributed by atoms with Crippen LogP contribution in [0.3, 0.4) is 0 Å². The number of ether oxygens (including phenoxy) is 1. The minimum Gasteiger partial charge on any atom is -0.493 e. The van der Waals surface area contributed by atoms with Crippen LogP contribution < -0.4 is 5.32 Å². The Bertz CT molecular complexity index is 301. The van der Waals surface area contributed by atoms with Gasteiger partial charge in [-0.05, 0) is 0 Å². The van der Waals surface area contributed by atoms with E-state index < -0.39 is 0 Å². The van der Waals surface area contributed by atoms with Gasteiger partial charge in [-0.25, -0.2) is 4.98 Å². The van der Waals surface area contributed by atoms with Crippen LogP contribution >= 0.6 is 11.3 Å². The Morgan fingerprint density at radius 3 is 3.14 bits per heavy atom. The lowest BCUT2D eigenvalue weighted by Gasteiger charge is -2.01. The maximum absolute atomic E-state index is 11.2. The summed E-state index contributed by atoms with van der Waals surface area (Å²) in [4.78, 5) is 15.0. The number of hydrogen-bond donors (Lipinski definition) is 2. The minimum absolute atomic E-state index is 0.0327. The molecule has 5 nitrogen and oxygen atoms in total. The maximum Gasteiger partial charge on any atom is 0.226 e. The van der Waals surface area contributed by atoms with Crippen molar-refractivity contribution in [2.45, 2.75) is 6.42 Å². The predicted octanol–water partition coefficient (Wildman–Crippen LogP) is 0.154. The summed E-state index contributed by atoms with van der Waals surface area (Å²) in [7, 11) is 1.57. The Balaban J connectivity index is 2.27. The molecule has 0 aliphatic heterocycles. The van der Waals surface area contributed by atoms with Crippen LogP contribution in [-0.2, 0) is 16.0 Å². The van der Waals surface area contributed by atoms with Gasteiger partial charge in [-0.3, -0.25) is 4.79 Å². The molecule has 0 saturated carbocycles. The van der Waals surface area contributed by atoms with Gasteiger partial charge in [0.1, 0.15) is 5.01 Å². The summed E-state index contributed by atoms with van der Waals surface area (Å²) in [5.41, 5.74) is 0. The molecule has 0 unspecified atom stereocenters. The number of carbonyl (C=O) groups is 1. The fourth-order valence-electron chi connectivity index (χ4n) is 0.875. The average molecular weight is 216 g/mol. The van der Waals surface area contributed by atoms with E-state index in [9.17, 15) is 4.79 Å². The molecule has 0 aliphatic rings. The van der Waals surface area contributed by atoms with E-state index in [2.05, 4.69) is 10.3 Å². The quantitative estimate of drug-likeness (QED) is 0.687. The summed E-state index contributed by atoms with van der Waals surface area (Å²) >= 11 is 1.26. The van der Waals surface area contributed by atoms with Crippen LogP contribution in [0.15, 0.2) is 5.38 Å². The molecule has 1 aromatic heterocycles. The zero-order valence-corrected chi connectivity index (χ0v) is 8.63. The fraction of sp³-hybridized carbons (Fsp3) is 0.500. The number of amides is 1. The van der Waals surface area contributed by atoms with E-state index in [4.69, 9.17) is 9.84 Å². The Morgan fingerprint density at radius 2 is 2.57 bits per heavy atom. The Morgan fingerprint density at radius 1 is 1.79 bits per heavy atom. The van der Waals surface area contributed by atoms with Gasteiger partial charge in [-0.15, -0.1) is 11.3 Å². The number of nitrogens with zero attached hydrogens (tertiary/aromatic N) is 1. The molecule has 0 atom stereocenters. The topological polar surface area (TPSA) is 71.5 Å². The third kappa shape index (κ3) is 3.71. The predicted molar refractivity (Wildman–Crippen MR) is 52.4 cm³/mol. The highest BCUT2D eigenvalue weighted by molar-refractivity contribution is 7.09. The van der Waals surface area contributed by atoms with Crippen LogP contribution in [-0.4, -0.2) is 36.3 Å². The van der Waals surface area contributed by atoms with Gasteiger partial charge in [0, 0.05) is 13.7 Å². The second-order valence-electron chi connectivity index (χ2n) is 2.62. The van der Waals surface area contributed by atoms with Crippen molar-refractivity contribution in [3.05, 3.63) is 10.4 Å². The molecular weight excluding hydrogens is 204 g/mol. The van der Waals surface area contributed by atoms with Crippen LogP contribution in [0.4, 0.5) is 0 Å². The first kappa shape index (κ1) is 10.9. The van der Waals surface area contributed by atoms with Crippen molar-refractivity contribution in [1.29, 1.82) is 0 Å². The van der Waals surface area contributed by atoms with Crippen LogP contribution in [0.2, 0.25) is 0 Å². The van der Waals surface area contributed by atoms with Crippen molar-refractivity contribution in [2.75, 3.05) is 20.3 Å². The lowest BCUT2D eigenvalue weighted by Crippen LogP contribution is -2.28. The van der Waals surface area contributed by atoms with Crippen LogP contribution in [0.5, 0.6) is 5.88 Å². The first-order valence-corrected chi connectivity index (χ1v) is 4.99. The van der Waals surface area contributed by atoms with E-state index in [0.29, 0.717) is 18.2 Å². The number of rotatable bonds is 5. The van der Waals surface area contributed by atoms with E-state index in [1.54, 1.807) is 7.11 Å². The average Bonchev–Trinajstić information content (AvgIpc) is 2.52. The molecule has 78 valence electrons. The van der Waals surface area contributed by atoms with Gasteiger partial charge < -0.3 is 15.2 Å². The molecule has 2 N–H and O–H groups in total. The molecule has 0 aromatic carbocycles. The largest absolute Gasteiger partial charge is 0.493 e. The lowest BCUT2D eigenvalue weighted by atomic mass is 10.4. The number of thiazole rings is 1. The molecule has 0 saturated heterocycles. The van der Waals surface area contributed by atoms with Gasteiger partial charge in [-0.2, -0.15) is 0 Å². The number of carbonyl (C=O) groups excluding carboxylic acids is 1. The number of aromatic nitrogens is 1. The summed E-state index contributed by atoms with van der Waals surface area (Å²) in [6, 6.07) is 0. The van der Waals surface area contributed by atoms with E-state index in [1.165, 1.54) is 16.7 Å². The molecular formula is C8H12N2O3S. The van der Waals surface area contributed by atoms with E-state index in [1.807, 2.05) is 0 Å². The summed E-state index contributed by atoms with van der Waals surface area (Å²) < 4.78 is 4.78. The highest BCUT2D eigenvalue weighted by atomic mass is 32.1. The zero-order valence-electron chi connectivity index (χ0n) is 7.82. The highest BCUT2D eigenvalue weighted by Crippen LogP contribution is 2.14. The van der Waals surface area contributed by atoms with Crippen LogP contribution in [0.1, 0.15) is 5.01 Å². The first-order valence-electron chi connectivity index (χ1n) is 4.11. The van der Waals surface area contributed by atoms with Crippen molar-refractivity contribution in [3.8, 4) is 5.88 Å². The second kappa shape index (κ2) is 5.56. The van der Waals surface area contributed by atoms with Gasteiger partial charge in [0.25, 0.3) is 0 Å². The van der Waals surface area contributed by atoms with Gasteiger partial charge in [0.2, 0.25) is 11.8 Å². The summed E-state index contributed by atoms with van der Waals surface area (Å²) in [6.07, 6.45) is 0.203. The third-order valence-corrected chi connectivity index (χ3v) is 2.32. The SMILES string of the molecule is COCCNC(=O)Cc1nc(O)cs1. The molecule has 1 rings (SSSR count). The minimum atomic E-state index is -0.114. The zero-order chi connectivity index (χ0) is 10.4. The van der Waals surface area contributed by atoms with Crippen molar-refractivity contribution in [1.82, 2.24) is 10.3 Å². The summed E-state index contributed by atoms with van der Waals surface area (Å²) in [6.45, 7) is 0.988. The Hall–Kier alpha value is -1.14. The van der Waals surface area contributed by atoms with Crippen LogP contribution in [0.25, 0.3) is 0 Å². The maximum atomic E-state index is 11.2. The third-order valence-electron chi connectivity index (χ3n) is 1.48. The highest BCUT2D eigenvalue weighted by Gasteiger charge is 2.06. The molecule has 0 aliphatic carbocycles. The van der Waals surface area contributed by atoms with Crippen molar-refractivity contribution in [2.24, 2.45) is 0 Å². The molecule has 0 radical (unpaired) electrons. The smallest absolute Gasteiger partial charge is 0.226 e. The van der Waals surface area contributed by atoms with Crippen molar-refractivity contribution in [3.63, 3.8) is 0 Å². The van der Waals surface area contributed by atoms with E-state index >= 15 is 0 Å². The molecule has 6 heteroatoms. The van der Waals surface area contributed by atoms with E-state index in [-0.39, 0.29) is 18.2 Å². The van der Waals surface area contributed by atoms with Gasteiger partial charge in [0.15, 0.2) is 0 Å². The van der Waals surface area contributed by atoms with Gasteiger partial charge >= 0.3 is 0 Å². The number of methoxy groups -OCH3 is 1. The molecule has 0 spiro atoms. The van der Waals surface area contributed by atoms with Gasteiger partial charge in [-0.1, -0.05) is 0 Å². The monoisotopic (exact) mass is 216 g/mol. The molecule has 1 aromatic rings. The molecule has 0 fully saturated rings.